The number of para-hydroxylation sites is 2. The van der Waals surface area contributed by atoms with Gasteiger partial charge < -0.3 is 14.6 Å². The van der Waals surface area contributed by atoms with Crippen LogP contribution >= 0.6 is 11.6 Å². The fourth-order valence-corrected chi connectivity index (χ4v) is 3.60. The van der Waals surface area contributed by atoms with Crippen LogP contribution in [0.5, 0.6) is 5.75 Å². The first kappa shape index (κ1) is 16.0. The predicted octanol–water partition coefficient (Wildman–Crippen LogP) is 4.20. The molecule has 2 heterocycles. The van der Waals surface area contributed by atoms with Crippen molar-refractivity contribution >= 4 is 28.5 Å². The molecule has 0 bridgehead atoms. The third kappa shape index (κ3) is 2.85. The van der Waals surface area contributed by atoms with Crippen LogP contribution in [0.25, 0.3) is 11.0 Å². The summed E-state index contributed by atoms with van der Waals surface area (Å²) in [6.45, 7) is 0.691. The number of nitrogens with one attached hydrogen (secondary N) is 1. The molecule has 2 aromatic carbocycles. The number of carbonyl (C=O) groups is 1. The fraction of sp³-hybridized carbons (Fsp3) is 0.263. The molecular weight excluding hydrogens is 338 g/mol. The normalized spacial score (nSPS) is 17.2. The summed E-state index contributed by atoms with van der Waals surface area (Å²) < 4.78 is 5.34. The molecule has 5 nitrogen and oxygen atoms in total. The van der Waals surface area contributed by atoms with Crippen molar-refractivity contribution in [3.05, 3.63) is 58.9 Å². The fourth-order valence-electron chi connectivity index (χ4n) is 3.43. The summed E-state index contributed by atoms with van der Waals surface area (Å²) in [4.78, 5) is 23.0. The van der Waals surface area contributed by atoms with Crippen molar-refractivity contribution in [3.63, 3.8) is 0 Å². The molecule has 6 heteroatoms. The Bertz CT molecular complexity index is 904. The molecule has 0 radical (unpaired) electrons. The highest BCUT2D eigenvalue weighted by Gasteiger charge is 2.33. The van der Waals surface area contributed by atoms with Crippen LogP contribution < -0.4 is 4.74 Å². The monoisotopic (exact) mass is 355 g/mol. The minimum atomic E-state index is -0.0812. The van der Waals surface area contributed by atoms with E-state index in [1.807, 2.05) is 29.2 Å². The lowest BCUT2D eigenvalue weighted by Gasteiger charge is -2.24. The number of H-pyrrole nitrogens is 1. The topological polar surface area (TPSA) is 58.2 Å². The Balaban J connectivity index is 1.69. The second-order valence-electron chi connectivity index (χ2n) is 6.14. The molecule has 0 unspecified atom stereocenters. The largest absolute Gasteiger partial charge is 0.496 e. The van der Waals surface area contributed by atoms with E-state index in [1.54, 1.807) is 25.3 Å². The van der Waals surface area contributed by atoms with E-state index in [4.69, 9.17) is 16.3 Å². The number of ether oxygens (including phenoxy) is 1. The van der Waals surface area contributed by atoms with Gasteiger partial charge in [-0.3, -0.25) is 4.79 Å². The van der Waals surface area contributed by atoms with Crippen LogP contribution in [0, 0.1) is 0 Å². The average molecular weight is 356 g/mol. The summed E-state index contributed by atoms with van der Waals surface area (Å²) in [5, 5.41) is 0.517. The van der Waals surface area contributed by atoms with Crippen molar-refractivity contribution in [2.24, 2.45) is 0 Å². The Morgan fingerprint density at radius 2 is 2.16 bits per heavy atom. The van der Waals surface area contributed by atoms with Gasteiger partial charge in [0.05, 0.1) is 29.7 Å². The van der Waals surface area contributed by atoms with E-state index in [0.717, 1.165) is 29.7 Å². The third-order valence-corrected chi connectivity index (χ3v) is 4.86. The van der Waals surface area contributed by atoms with Crippen LogP contribution in [0.1, 0.15) is 35.1 Å². The maximum absolute atomic E-state index is 13.1. The number of aromatic nitrogens is 2. The molecule has 128 valence electrons. The molecule has 25 heavy (non-hydrogen) atoms. The maximum Gasteiger partial charge on any atom is 0.258 e. The summed E-state index contributed by atoms with van der Waals surface area (Å²) in [6, 6.07) is 12.9. The molecule has 1 aliphatic heterocycles. The van der Waals surface area contributed by atoms with Crippen LogP contribution in [-0.4, -0.2) is 34.4 Å². The van der Waals surface area contributed by atoms with Crippen LogP contribution in [0.2, 0.25) is 5.02 Å². The first-order valence-corrected chi connectivity index (χ1v) is 8.64. The van der Waals surface area contributed by atoms with E-state index in [-0.39, 0.29) is 11.9 Å². The number of carbonyl (C=O) groups excluding carboxylic acids is 1. The SMILES string of the molecule is COc1ccc(Cl)cc1C(=O)N1CCC[C@H]1c1nc2ccccc2[nH]1. The molecule has 0 spiro atoms. The number of benzene rings is 2. The van der Waals surface area contributed by atoms with Crippen LogP contribution in [0.4, 0.5) is 0 Å². The van der Waals surface area contributed by atoms with Crippen LogP contribution in [0.15, 0.2) is 42.5 Å². The predicted molar refractivity (Wildman–Crippen MR) is 97.1 cm³/mol. The highest BCUT2D eigenvalue weighted by Crippen LogP contribution is 2.34. The van der Waals surface area contributed by atoms with Gasteiger partial charge in [-0.05, 0) is 43.2 Å². The van der Waals surface area contributed by atoms with Crippen molar-refractivity contribution in [2.45, 2.75) is 18.9 Å². The van der Waals surface area contributed by atoms with Crippen molar-refractivity contribution in [2.75, 3.05) is 13.7 Å². The molecule has 1 N–H and O–H groups in total. The standard InChI is InChI=1S/C19H18ClN3O2/c1-25-17-9-8-12(20)11-13(17)19(24)23-10-4-7-16(23)18-21-14-5-2-3-6-15(14)22-18/h2-3,5-6,8-9,11,16H,4,7,10H2,1H3,(H,21,22)/t16-/m0/s1. The molecule has 1 aromatic heterocycles. The van der Waals surface area contributed by atoms with Gasteiger partial charge in [0.1, 0.15) is 11.6 Å². The number of imidazole rings is 1. The minimum absolute atomic E-state index is 0.0661. The first-order chi connectivity index (χ1) is 12.2. The maximum atomic E-state index is 13.1. The van der Waals surface area contributed by atoms with Gasteiger partial charge >= 0.3 is 0 Å². The van der Waals surface area contributed by atoms with Crippen molar-refractivity contribution < 1.29 is 9.53 Å². The lowest BCUT2D eigenvalue weighted by Crippen LogP contribution is -2.31. The molecule has 4 rings (SSSR count). The van der Waals surface area contributed by atoms with E-state index in [9.17, 15) is 4.79 Å². The third-order valence-electron chi connectivity index (χ3n) is 4.63. The summed E-state index contributed by atoms with van der Waals surface area (Å²) in [6.07, 6.45) is 1.82. The van der Waals surface area contributed by atoms with Gasteiger partial charge in [0.25, 0.3) is 5.91 Å². The number of hydrogen-bond donors (Lipinski definition) is 1. The number of likely N-dealkylation sites (tertiary alicyclic amines) is 1. The van der Waals surface area contributed by atoms with Gasteiger partial charge in [-0.15, -0.1) is 0 Å². The number of fused-ring (bicyclic) bond motifs is 1. The quantitative estimate of drug-likeness (QED) is 0.766. The van der Waals surface area contributed by atoms with Crippen molar-refractivity contribution in [1.29, 1.82) is 0 Å². The van der Waals surface area contributed by atoms with Gasteiger partial charge in [0.2, 0.25) is 0 Å². The summed E-state index contributed by atoms with van der Waals surface area (Å²) in [7, 11) is 1.56. The Morgan fingerprint density at radius 3 is 2.96 bits per heavy atom. The van der Waals surface area contributed by atoms with Crippen molar-refractivity contribution in [3.8, 4) is 5.75 Å². The first-order valence-electron chi connectivity index (χ1n) is 8.26. The molecular formula is C19H18ClN3O2. The van der Waals surface area contributed by atoms with Crippen LogP contribution in [-0.2, 0) is 0 Å². The molecule has 0 aliphatic carbocycles. The van der Waals surface area contributed by atoms with Crippen LogP contribution in [0.3, 0.4) is 0 Å². The second-order valence-corrected chi connectivity index (χ2v) is 6.58. The Hall–Kier alpha value is -2.53. The summed E-state index contributed by atoms with van der Waals surface area (Å²) in [5.74, 6) is 1.28. The summed E-state index contributed by atoms with van der Waals surface area (Å²) >= 11 is 6.09. The number of halogens is 1. The molecule has 0 saturated carbocycles. The van der Waals surface area contributed by atoms with Gasteiger partial charge in [-0.2, -0.15) is 0 Å². The molecule has 1 atom stereocenters. The minimum Gasteiger partial charge on any atom is -0.496 e. The Labute approximate surface area is 150 Å². The lowest BCUT2D eigenvalue weighted by atomic mass is 10.1. The zero-order valence-corrected chi connectivity index (χ0v) is 14.6. The van der Waals surface area contributed by atoms with Gasteiger partial charge in [0, 0.05) is 11.6 Å². The van der Waals surface area contributed by atoms with Crippen molar-refractivity contribution in [1.82, 2.24) is 14.9 Å². The van der Waals surface area contributed by atoms with Gasteiger partial charge in [-0.1, -0.05) is 23.7 Å². The number of nitrogens with zero attached hydrogens (tertiary/aromatic N) is 2. The second kappa shape index (κ2) is 6.41. The smallest absolute Gasteiger partial charge is 0.258 e. The lowest BCUT2D eigenvalue weighted by molar-refractivity contribution is 0.0727. The molecule has 1 fully saturated rings. The van der Waals surface area contributed by atoms with E-state index in [0.29, 0.717) is 22.9 Å². The summed E-state index contributed by atoms with van der Waals surface area (Å²) in [5.41, 5.74) is 2.38. The van der Waals surface area contributed by atoms with Gasteiger partial charge in [-0.25, -0.2) is 4.98 Å². The zero-order valence-electron chi connectivity index (χ0n) is 13.8. The molecule has 1 amide bonds. The molecule has 3 aromatic rings. The molecule has 1 saturated heterocycles. The Kier molecular flexibility index (Phi) is 4.09. The average Bonchev–Trinajstić information content (AvgIpc) is 3.27. The zero-order chi connectivity index (χ0) is 17.4. The Morgan fingerprint density at radius 1 is 1.32 bits per heavy atom. The highest BCUT2D eigenvalue weighted by molar-refractivity contribution is 6.31. The number of amides is 1. The van der Waals surface area contributed by atoms with Gasteiger partial charge in [0.15, 0.2) is 0 Å². The van der Waals surface area contributed by atoms with E-state index < -0.39 is 0 Å². The highest BCUT2D eigenvalue weighted by atomic mass is 35.5. The molecule has 1 aliphatic rings. The number of methoxy groups -OCH3 is 1. The number of hydrogen-bond acceptors (Lipinski definition) is 3. The van der Waals surface area contributed by atoms with E-state index >= 15 is 0 Å². The number of aromatic amines is 1. The van der Waals surface area contributed by atoms with E-state index in [2.05, 4.69) is 9.97 Å². The van der Waals surface area contributed by atoms with E-state index in [1.165, 1.54) is 0 Å². The number of rotatable bonds is 3.